The monoisotopic (exact) mass is 393 g/mol. The number of nitrogens with one attached hydrogen (secondary N) is 1. The summed E-state index contributed by atoms with van der Waals surface area (Å²) in [5.74, 6) is -0.0727. The number of hydrogen-bond donors (Lipinski definition) is 1. The van der Waals surface area contributed by atoms with Crippen LogP contribution in [0.3, 0.4) is 0 Å². The molecule has 1 amide bonds. The summed E-state index contributed by atoms with van der Waals surface area (Å²) < 4.78 is 0. The molecule has 2 aromatic rings. The lowest BCUT2D eigenvalue weighted by molar-refractivity contribution is -0.384. The molecular formula is C21H23N5O3. The topological polar surface area (TPSA) is 103 Å². The van der Waals surface area contributed by atoms with Gasteiger partial charge >= 0.3 is 0 Å². The number of rotatable bonds is 5. The maximum Gasteiger partial charge on any atom is 0.293 e. The third kappa shape index (κ3) is 4.70. The molecule has 8 heteroatoms. The number of nitro benzene ring substituents is 1. The van der Waals surface area contributed by atoms with E-state index in [9.17, 15) is 14.9 Å². The fourth-order valence-corrected chi connectivity index (χ4v) is 3.43. The number of hydrogen-bond acceptors (Lipinski definition) is 6. The highest BCUT2D eigenvalue weighted by Gasteiger charge is 2.25. The minimum Gasteiger partial charge on any atom is -0.363 e. The van der Waals surface area contributed by atoms with Gasteiger partial charge < -0.3 is 10.2 Å². The molecule has 0 atom stereocenters. The number of benzene rings is 2. The fraction of sp³-hybridized carbons (Fsp3) is 0.333. The first-order valence-corrected chi connectivity index (χ1v) is 9.41. The Kier molecular flexibility index (Phi) is 6.10. The molecule has 3 rings (SSSR count). The first-order chi connectivity index (χ1) is 13.9. The van der Waals surface area contributed by atoms with Crippen LogP contribution in [0.1, 0.15) is 16.7 Å². The van der Waals surface area contributed by atoms with Crippen LogP contribution in [0, 0.1) is 35.3 Å². The first-order valence-electron chi connectivity index (χ1n) is 9.41. The van der Waals surface area contributed by atoms with E-state index >= 15 is 0 Å². The highest BCUT2D eigenvalue weighted by Crippen LogP contribution is 2.30. The van der Waals surface area contributed by atoms with E-state index in [0.29, 0.717) is 31.9 Å². The molecule has 0 aliphatic carbocycles. The number of carbonyl (C=O) groups excluding carboxylic acids is 1. The van der Waals surface area contributed by atoms with Crippen LogP contribution in [0.15, 0.2) is 36.4 Å². The van der Waals surface area contributed by atoms with Gasteiger partial charge in [-0.15, -0.1) is 0 Å². The van der Waals surface area contributed by atoms with Crippen molar-refractivity contribution < 1.29 is 9.72 Å². The van der Waals surface area contributed by atoms with Gasteiger partial charge in [-0.05, 0) is 43.2 Å². The molecule has 1 aliphatic heterocycles. The molecule has 0 spiro atoms. The third-order valence-electron chi connectivity index (χ3n) is 5.26. The van der Waals surface area contributed by atoms with Crippen molar-refractivity contribution in [1.29, 1.82) is 5.26 Å². The molecule has 1 N–H and O–H groups in total. The molecule has 1 saturated heterocycles. The lowest BCUT2D eigenvalue weighted by atomic mass is 10.1. The molecule has 0 aromatic heterocycles. The summed E-state index contributed by atoms with van der Waals surface area (Å²) >= 11 is 0. The second-order valence-electron chi connectivity index (χ2n) is 7.13. The van der Waals surface area contributed by atoms with Crippen molar-refractivity contribution in [1.82, 2.24) is 4.90 Å². The molecule has 0 unspecified atom stereocenters. The summed E-state index contributed by atoms with van der Waals surface area (Å²) in [6.07, 6.45) is 0. The summed E-state index contributed by atoms with van der Waals surface area (Å²) in [5, 5.41) is 23.3. The Bertz CT molecular complexity index is 975. The highest BCUT2D eigenvalue weighted by atomic mass is 16.6. The smallest absolute Gasteiger partial charge is 0.293 e. The van der Waals surface area contributed by atoms with Crippen LogP contribution in [-0.2, 0) is 4.79 Å². The average Bonchev–Trinajstić information content (AvgIpc) is 2.71. The van der Waals surface area contributed by atoms with E-state index in [0.717, 1.165) is 16.8 Å². The standard InChI is InChI=1S/C21H23N5O3/c1-15-4-3-5-18(16(15)2)23-21(27)14-24-8-10-25(11-9-24)19-7-6-17(13-22)12-20(19)26(28)29/h3-7,12H,8-11,14H2,1-2H3,(H,23,27). The van der Waals surface area contributed by atoms with E-state index < -0.39 is 4.92 Å². The number of carbonyl (C=O) groups is 1. The Labute approximate surface area is 169 Å². The number of nitro groups is 1. The van der Waals surface area contributed by atoms with Crippen LogP contribution < -0.4 is 10.2 Å². The van der Waals surface area contributed by atoms with Crippen LogP contribution in [0.2, 0.25) is 0 Å². The van der Waals surface area contributed by atoms with Crippen LogP contribution in [0.4, 0.5) is 17.1 Å². The fourth-order valence-electron chi connectivity index (χ4n) is 3.43. The lowest BCUT2D eigenvalue weighted by Crippen LogP contribution is -2.48. The number of amides is 1. The van der Waals surface area contributed by atoms with Gasteiger partial charge in [0.15, 0.2) is 0 Å². The average molecular weight is 393 g/mol. The van der Waals surface area contributed by atoms with Crippen molar-refractivity contribution in [3.63, 3.8) is 0 Å². The summed E-state index contributed by atoms with van der Waals surface area (Å²) in [6, 6.07) is 12.3. The second kappa shape index (κ2) is 8.71. The van der Waals surface area contributed by atoms with Crippen molar-refractivity contribution in [2.24, 2.45) is 0 Å². The van der Waals surface area contributed by atoms with Gasteiger partial charge in [-0.25, -0.2) is 0 Å². The van der Waals surface area contributed by atoms with Crippen molar-refractivity contribution >= 4 is 23.0 Å². The molecule has 8 nitrogen and oxygen atoms in total. The quantitative estimate of drug-likeness (QED) is 0.619. The van der Waals surface area contributed by atoms with E-state index in [2.05, 4.69) is 5.32 Å². The predicted molar refractivity (Wildman–Crippen MR) is 111 cm³/mol. The molecule has 1 heterocycles. The van der Waals surface area contributed by atoms with E-state index in [4.69, 9.17) is 5.26 Å². The van der Waals surface area contributed by atoms with Gasteiger partial charge in [-0.3, -0.25) is 19.8 Å². The maximum absolute atomic E-state index is 12.4. The van der Waals surface area contributed by atoms with Crippen LogP contribution in [0.5, 0.6) is 0 Å². The van der Waals surface area contributed by atoms with Crippen molar-refractivity contribution in [3.8, 4) is 6.07 Å². The summed E-state index contributed by atoms with van der Waals surface area (Å²) in [4.78, 5) is 27.3. The van der Waals surface area contributed by atoms with Gasteiger partial charge in [-0.2, -0.15) is 5.26 Å². The summed E-state index contributed by atoms with van der Waals surface area (Å²) in [7, 11) is 0. The van der Waals surface area contributed by atoms with E-state index in [1.165, 1.54) is 6.07 Å². The molecule has 1 aliphatic rings. The molecule has 1 fully saturated rings. The lowest BCUT2D eigenvalue weighted by Gasteiger charge is -2.35. The number of aryl methyl sites for hydroxylation is 1. The number of anilines is 2. The zero-order valence-corrected chi connectivity index (χ0v) is 16.5. The van der Waals surface area contributed by atoms with Gasteiger partial charge in [0.2, 0.25) is 5.91 Å². The van der Waals surface area contributed by atoms with E-state index in [1.54, 1.807) is 12.1 Å². The van der Waals surface area contributed by atoms with Gasteiger partial charge in [0, 0.05) is 37.9 Å². The largest absolute Gasteiger partial charge is 0.363 e. The number of nitriles is 1. The Hall–Kier alpha value is -3.44. The molecule has 2 aromatic carbocycles. The Balaban J connectivity index is 1.60. The SMILES string of the molecule is Cc1cccc(NC(=O)CN2CCN(c3ccc(C#N)cc3[N+](=O)[O-])CC2)c1C. The van der Waals surface area contributed by atoms with Crippen LogP contribution in [0.25, 0.3) is 0 Å². The zero-order valence-electron chi connectivity index (χ0n) is 16.5. The van der Waals surface area contributed by atoms with E-state index in [1.807, 2.05) is 47.9 Å². The molecular weight excluding hydrogens is 370 g/mol. The van der Waals surface area contributed by atoms with Gasteiger partial charge in [0.05, 0.1) is 23.1 Å². The maximum atomic E-state index is 12.4. The van der Waals surface area contributed by atoms with E-state index in [-0.39, 0.29) is 23.7 Å². The van der Waals surface area contributed by atoms with Crippen LogP contribution >= 0.6 is 0 Å². The number of piperazine rings is 1. The Morgan fingerprint density at radius 3 is 2.59 bits per heavy atom. The van der Waals surface area contributed by atoms with Gasteiger partial charge in [0.25, 0.3) is 5.69 Å². The first kappa shape index (κ1) is 20.3. The summed E-state index contributed by atoms with van der Waals surface area (Å²) in [5.41, 5.74) is 3.71. The molecule has 0 saturated carbocycles. The molecule has 150 valence electrons. The third-order valence-corrected chi connectivity index (χ3v) is 5.26. The Morgan fingerprint density at radius 2 is 1.93 bits per heavy atom. The normalized spacial score (nSPS) is 14.3. The minimum absolute atomic E-state index is 0.0647. The molecule has 29 heavy (non-hydrogen) atoms. The zero-order chi connectivity index (χ0) is 21.0. The van der Waals surface area contributed by atoms with Crippen molar-refractivity contribution in [3.05, 3.63) is 63.2 Å². The predicted octanol–water partition coefficient (Wildman–Crippen LogP) is 2.84. The van der Waals surface area contributed by atoms with Gasteiger partial charge in [-0.1, -0.05) is 12.1 Å². The van der Waals surface area contributed by atoms with Crippen molar-refractivity contribution in [2.75, 3.05) is 42.9 Å². The summed E-state index contributed by atoms with van der Waals surface area (Å²) in [6.45, 7) is 6.65. The number of nitrogens with zero attached hydrogens (tertiary/aromatic N) is 4. The van der Waals surface area contributed by atoms with Crippen LogP contribution in [-0.4, -0.2) is 48.5 Å². The Morgan fingerprint density at radius 1 is 1.21 bits per heavy atom. The minimum atomic E-state index is -0.458. The van der Waals surface area contributed by atoms with Gasteiger partial charge in [0.1, 0.15) is 5.69 Å². The molecule has 0 radical (unpaired) electrons. The molecule has 0 bridgehead atoms. The highest BCUT2D eigenvalue weighted by molar-refractivity contribution is 5.93. The van der Waals surface area contributed by atoms with Crippen molar-refractivity contribution in [2.45, 2.75) is 13.8 Å². The second-order valence-corrected chi connectivity index (χ2v) is 7.13.